The SMILES string of the molecule is CNCC(=O)c1c(Br)ccc(OC)c1OCC1CC1. The molecule has 1 aromatic carbocycles. The molecule has 1 fully saturated rings. The van der Waals surface area contributed by atoms with Crippen LogP contribution in [0.1, 0.15) is 23.2 Å². The maximum absolute atomic E-state index is 12.2. The number of Topliss-reactive ketones (excluding diaryl/α,β-unsaturated/α-hetero) is 1. The van der Waals surface area contributed by atoms with Crippen LogP contribution >= 0.6 is 15.9 Å². The highest BCUT2D eigenvalue weighted by Gasteiger charge is 2.25. The van der Waals surface area contributed by atoms with E-state index in [4.69, 9.17) is 9.47 Å². The van der Waals surface area contributed by atoms with Crippen LogP contribution in [0.5, 0.6) is 11.5 Å². The highest BCUT2D eigenvalue weighted by Crippen LogP contribution is 2.38. The van der Waals surface area contributed by atoms with Crippen LogP contribution in [0.4, 0.5) is 0 Å². The summed E-state index contributed by atoms with van der Waals surface area (Å²) in [6.45, 7) is 0.915. The summed E-state index contributed by atoms with van der Waals surface area (Å²) < 4.78 is 11.9. The number of carbonyl (C=O) groups is 1. The molecule has 0 aromatic heterocycles. The van der Waals surface area contributed by atoms with Crippen molar-refractivity contribution in [3.8, 4) is 11.5 Å². The zero-order chi connectivity index (χ0) is 13.8. The minimum atomic E-state index is -0.0147. The summed E-state index contributed by atoms with van der Waals surface area (Å²) in [5.74, 6) is 1.75. The van der Waals surface area contributed by atoms with Crippen molar-refractivity contribution in [3.63, 3.8) is 0 Å². The van der Waals surface area contributed by atoms with Crippen LogP contribution in [0.3, 0.4) is 0 Å². The first-order valence-electron chi connectivity index (χ1n) is 6.34. The number of carbonyl (C=O) groups excluding carboxylic acids is 1. The van der Waals surface area contributed by atoms with Crippen molar-refractivity contribution in [2.45, 2.75) is 12.8 Å². The predicted molar refractivity (Wildman–Crippen MR) is 77.2 cm³/mol. The first-order chi connectivity index (χ1) is 9.17. The lowest BCUT2D eigenvalue weighted by atomic mass is 10.1. The molecule has 2 rings (SSSR count). The number of methoxy groups -OCH3 is 1. The minimum Gasteiger partial charge on any atom is -0.493 e. The Kier molecular flexibility index (Phi) is 4.82. The van der Waals surface area contributed by atoms with Gasteiger partial charge in [0, 0.05) is 4.47 Å². The van der Waals surface area contributed by atoms with Gasteiger partial charge < -0.3 is 14.8 Å². The molecule has 5 heteroatoms. The smallest absolute Gasteiger partial charge is 0.181 e. The second-order valence-corrected chi connectivity index (χ2v) is 5.52. The lowest BCUT2D eigenvalue weighted by molar-refractivity contribution is 0.0987. The quantitative estimate of drug-likeness (QED) is 0.782. The Morgan fingerprint density at radius 1 is 1.47 bits per heavy atom. The summed E-state index contributed by atoms with van der Waals surface area (Å²) >= 11 is 3.42. The van der Waals surface area contributed by atoms with Gasteiger partial charge in [-0.1, -0.05) is 0 Å². The van der Waals surface area contributed by atoms with Crippen molar-refractivity contribution in [1.29, 1.82) is 0 Å². The Balaban J connectivity index is 2.32. The molecule has 1 N–H and O–H groups in total. The van der Waals surface area contributed by atoms with Crippen molar-refractivity contribution in [1.82, 2.24) is 5.32 Å². The Morgan fingerprint density at radius 2 is 2.21 bits per heavy atom. The second-order valence-electron chi connectivity index (χ2n) is 4.66. The fourth-order valence-electron chi connectivity index (χ4n) is 1.84. The molecule has 19 heavy (non-hydrogen) atoms. The summed E-state index contributed by atoms with van der Waals surface area (Å²) in [4.78, 5) is 12.2. The molecule has 0 radical (unpaired) electrons. The molecule has 104 valence electrons. The van der Waals surface area contributed by atoms with E-state index in [1.165, 1.54) is 12.8 Å². The molecule has 1 aromatic rings. The number of rotatable bonds is 7. The number of likely N-dealkylation sites (N-methyl/N-ethyl adjacent to an activating group) is 1. The summed E-state index contributed by atoms with van der Waals surface area (Å²) in [5.41, 5.74) is 0.550. The first-order valence-corrected chi connectivity index (χ1v) is 7.13. The van der Waals surface area contributed by atoms with E-state index in [1.54, 1.807) is 14.2 Å². The number of hydrogen-bond acceptors (Lipinski definition) is 4. The normalized spacial score (nSPS) is 14.3. The molecule has 4 nitrogen and oxygen atoms in total. The monoisotopic (exact) mass is 327 g/mol. The van der Waals surface area contributed by atoms with Crippen molar-refractivity contribution in [3.05, 3.63) is 22.2 Å². The van der Waals surface area contributed by atoms with Crippen LogP contribution in [-0.4, -0.2) is 33.1 Å². The number of hydrogen-bond donors (Lipinski definition) is 1. The standard InChI is InChI=1S/C14H18BrNO3/c1-16-7-11(17)13-10(15)5-6-12(18-2)14(13)19-8-9-3-4-9/h5-6,9,16H,3-4,7-8H2,1-2H3. The lowest BCUT2D eigenvalue weighted by Gasteiger charge is -2.15. The molecule has 1 saturated carbocycles. The fourth-order valence-corrected chi connectivity index (χ4v) is 2.37. The average Bonchev–Trinajstić information content (AvgIpc) is 3.20. The van der Waals surface area contributed by atoms with Gasteiger partial charge in [-0.2, -0.15) is 0 Å². The van der Waals surface area contributed by atoms with E-state index >= 15 is 0 Å². The first kappa shape index (κ1) is 14.3. The van der Waals surface area contributed by atoms with Crippen molar-refractivity contribution >= 4 is 21.7 Å². The van der Waals surface area contributed by atoms with Crippen molar-refractivity contribution in [2.75, 3.05) is 27.3 Å². The predicted octanol–water partition coefficient (Wildman–Crippen LogP) is 2.65. The fraction of sp³-hybridized carbons (Fsp3) is 0.500. The Bertz CT molecular complexity index is 472. The van der Waals surface area contributed by atoms with Crippen LogP contribution in [0, 0.1) is 5.92 Å². The second kappa shape index (κ2) is 6.39. The third-order valence-electron chi connectivity index (χ3n) is 3.07. The summed E-state index contributed by atoms with van der Waals surface area (Å²) in [5, 5.41) is 2.87. The average molecular weight is 328 g/mol. The largest absolute Gasteiger partial charge is 0.493 e. The molecular formula is C14H18BrNO3. The number of benzene rings is 1. The molecule has 1 aliphatic carbocycles. The third kappa shape index (κ3) is 3.48. The van der Waals surface area contributed by atoms with Gasteiger partial charge in [-0.3, -0.25) is 4.79 Å². The van der Waals surface area contributed by atoms with E-state index in [2.05, 4.69) is 21.2 Å². The van der Waals surface area contributed by atoms with Gasteiger partial charge in [-0.25, -0.2) is 0 Å². The van der Waals surface area contributed by atoms with Crippen LogP contribution in [0.2, 0.25) is 0 Å². The summed E-state index contributed by atoms with van der Waals surface area (Å²) in [6, 6.07) is 3.62. The number of halogens is 1. The zero-order valence-electron chi connectivity index (χ0n) is 11.2. The zero-order valence-corrected chi connectivity index (χ0v) is 12.7. The number of ketones is 1. The molecule has 0 unspecified atom stereocenters. The van der Waals surface area contributed by atoms with Gasteiger partial charge in [-0.15, -0.1) is 0 Å². The highest BCUT2D eigenvalue weighted by atomic mass is 79.9. The van der Waals surface area contributed by atoms with Crippen LogP contribution in [-0.2, 0) is 0 Å². The number of nitrogens with one attached hydrogen (secondary N) is 1. The van der Waals surface area contributed by atoms with Gasteiger partial charge in [0.1, 0.15) is 0 Å². The molecule has 0 amide bonds. The van der Waals surface area contributed by atoms with Gasteiger partial charge in [0.15, 0.2) is 17.3 Å². The molecule has 0 bridgehead atoms. The Labute approximate surface area is 121 Å². The van der Waals surface area contributed by atoms with E-state index in [0.717, 1.165) is 4.47 Å². The van der Waals surface area contributed by atoms with E-state index < -0.39 is 0 Å². The Morgan fingerprint density at radius 3 is 2.79 bits per heavy atom. The van der Waals surface area contributed by atoms with Gasteiger partial charge in [0.05, 0.1) is 25.8 Å². The topological polar surface area (TPSA) is 47.6 Å². The van der Waals surface area contributed by atoms with Crippen LogP contribution < -0.4 is 14.8 Å². The molecule has 0 heterocycles. The summed E-state index contributed by atoms with van der Waals surface area (Å²) in [6.07, 6.45) is 2.41. The highest BCUT2D eigenvalue weighted by molar-refractivity contribution is 9.10. The van der Waals surface area contributed by atoms with Crippen molar-refractivity contribution < 1.29 is 14.3 Å². The van der Waals surface area contributed by atoms with E-state index in [-0.39, 0.29) is 12.3 Å². The molecular weight excluding hydrogens is 310 g/mol. The molecule has 1 aliphatic rings. The minimum absolute atomic E-state index is 0.0147. The summed E-state index contributed by atoms with van der Waals surface area (Å²) in [7, 11) is 3.33. The molecule has 0 spiro atoms. The van der Waals surface area contributed by atoms with E-state index in [1.807, 2.05) is 12.1 Å². The third-order valence-corrected chi connectivity index (χ3v) is 3.73. The lowest BCUT2D eigenvalue weighted by Crippen LogP contribution is -2.20. The van der Waals surface area contributed by atoms with E-state index in [0.29, 0.717) is 29.6 Å². The number of ether oxygens (including phenoxy) is 2. The maximum Gasteiger partial charge on any atom is 0.181 e. The Hall–Kier alpha value is -1.07. The van der Waals surface area contributed by atoms with Gasteiger partial charge in [-0.05, 0) is 53.9 Å². The maximum atomic E-state index is 12.2. The van der Waals surface area contributed by atoms with E-state index in [9.17, 15) is 4.79 Å². The van der Waals surface area contributed by atoms with Gasteiger partial charge >= 0.3 is 0 Å². The van der Waals surface area contributed by atoms with Gasteiger partial charge in [0.25, 0.3) is 0 Å². The van der Waals surface area contributed by atoms with Crippen molar-refractivity contribution in [2.24, 2.45) is 5.92 Å². The molecule has 0 saturated heterocycles. The van der Waals surface area contributed by atoms with Gasteiger partial charge in [0.2, 0.25) is 0 Å². The van der Waals surface area contributed by atoms with Crippen LogP contribution in [0.25, 0.3) is 0 Å². The molecule has 0 atom stereocenters. The van der Waals surface area contributed by atoms with Crippen LogP contribution in [0.15, 0.2) is 16.6 Å². The molecule has 0 aliphatic heterocycles.